The first-order valence-corrected chi connectivity index (χ1v) is 8.15. The molecule has 2 rings (SSSR count). The van der Waals surface area contributed by atoms with Crippen molar-refractivity contribution in [2.24, 2.45) is 0 Å². The number of hydrogen-bond donors (Lipinski definition) is 1. The molecule has 0 aromatic heterocycles. The number of urea groups is 1. The largest absolute Gasteiger partial charge is 0.335 e. The molecule has 1 N–H and O–H groups in total. The number of hydrogen-bond acceptors (Lipinski definition) is 4. The Morgan fingerprint density at radius 1 is 1.12 bits per heavy atom. The molecule has 5 amide bonds. The van der Waals surface area contributed by atoms with Crippen molar-refractivity contribution in [1.82, 2.24) is 9.80 Å². The number of carbonyl (C=O) groups excluding carboxylic acids is 4. The van der Waals surface area contributed by atoms with E-state index in [2.05, 4.69) is 18.8 Å². The second-order valence-corrected chi connectivity index (χ2v) is 5.73. The van der Waals surface area contributed by atoms with Gasteiger partial charge in [-0.3, -0.25) is 19.3 Å². The van der Waals surface area contributed by atoms with Crippen LogP contribution in [0.25, 0.3) is 0 Å². The van der Waals surface area contributed by atoms with Gasteiger partial charge in [-0.05, 0) is 30.5 Å². The van der Waals surface area contributed by atoms with E-state index >= 15 is 0 Å². The number of nitrogens with zero attached hydrogens (tertiary/aromatic N) is 2. The van der Waals surface area contributed by atoms with Gasteiger partial charge in [-0.25, -0.2) is 9.69 Å². The van der Waals surface area contributed by atoms with Crippen molar-refractivity contribution >= 4 is 29.4 Å². The van der Waals surface area contributed by atoms with Crippen LogP contribution in [-0.4, -0.2) is 46.6 Å². The summed E-state index contributed by atoms with van der Waals surface area (Å²) in [5.74, 6) is -2.49. The number of anilines is 1. The Labute approximate surface area is 146 Å². The summed E-state index contributed by atoms with van der Waals surface area (Å²) in [6.07, 6.45) is 4.52. The molecule has 0 unspecified atom stereocenters. The third-order valence-corrected chi connectivity index (χ3v) is 3.81. The van der Waals surface area contributed by atoms with E-state index in [9.17, 15) is 19.2 Å². The number of imide groups is 2. The molecule has 1 fully saturated rings. The molecule has 1 aromatic rings. The van der Waals surface area contributed by atoms with Crippen molar-refractivity contribution < 1.29 is 19.2 Å². The van der Waals surface area contributed by atoms with E-state index in [4.69, 9.17) is 0 Å². The second kappa shape index (κ2) is 8.23. The monoisotopic (exact) mass is 343 g/mol. The minimum absolute atomic E-state index is 0.0687. The van der Waals surface area contributed by atoms with Crippen molar-refractivity contribution in [2.45, 2.75) is 26.2 Å². The minimum atomic E-state index is -1.00. The van der Waals surface area contributed by atoms with Crippen LogP contribution in [0.3, 0.4) is 0 Å². The average molecular weight is 343 g/mol. The van der Waals surface area contributed by atoms with Crippen LogP contribution in [0, 0.1) is 0 Å². The molecule has 1 aliphatic rings. The van der Waals surface area contributed by atoms with Crippen LogP contribution in [0.2, 0.25) is 0 Å². The van der Waals surface area contributed by atoms with Crippen LogP contribution in [0.5, 0.6) is 0 Å². The highest BCUT2D eigenvalue weighted by atomic mass is 16.2. The number of nitrogens with one attached hydrogen (secondary N) is 1. The molecule has 1 aliphatic heterocycles. The zero-order valence-corrected chi connectivity index (χ0v) is 14.2. The molecule has 0 aliphatic carbocycles. The summed E-state index contributed by atoms with van der Waals surface area (Å²) in [4.78, 5) is 49.1. The molecule has 0 spiro atoms. The van der Waals surface area contributed by atoms with E-state index < -0.39 is 30.3 Å². The fourth-order valence-corrected chi connectivity index (χ4v) is 2.46. The smallest absolute Gasteiger partial charge is 0.325 e. The van der Waals surface area contributed by atoms with Gasteiger partial charge in [0.05, 0.1) is 0 Å². The lowest BCUT2D eigenvalue weighted by Crippen LogP contribution is -2.39. The summed E-state index contributed by atoms with van der Waals surface area (Å²) in [7, 11) is 0. The molecule has 25 heavy (non-hydrogen) atoms. The summed E-state index contributed by atoms with van der Waals surface area (Å²) in [6.45, 7) is 4.98. The van der Waals surface area contributed by atoms with Gasteiger partial charge in [-0.2, -0.15) is 0 Å². The van der Waals surface area contributed by atoms with E-state index in [-0.39, 0.29) is 6.54 Å². The van der Waals surface area contributed by atoms with Crippen LogP contribution in [0.4, 0.5) is 10.5 Å². The number of unbranched alkanes of at least 4 members (excludes halogenated alkanes) is 1. The summed E-state index contributed by atoms with van der Waals surface area (Å²) in [6, 6.07) is 6.58. The fourth-order valence-electron chi connectivity index (χ4n) is 2.46. The van der Waals surface area contributed by atoms with Gasteiger partial charge >= 0.3 is 17.8 Å². The highest BCUT2D eigenvalue weighted by Crippen LogP contribution is 2.14. The first-order chi connectivity index (χ1) is 12.0. The van der Waals surface area contributed by atoms with Crippen molar-refractivity contribution in [2.75, 3.05) is 18.4 Å². The maximum absolute atomic E-state index is 12.1. The predicted molar refractivity (Wildman–Crippen MR) is 92.7 cm³/mol. The minimum Gasteiger partial charge on any atom is -0.325 e. The molecular weight excluding hydrogens is 322 g/mol. The number of rotatable bonds is 8. The van der Waals surface area contributed by atoms with Crippen LogP contribution in [-0.2, 0) is 20.8 Å². The van der Waals surface area contributed by atoms with Gasteiger partial charge in [0, 0.05) is 12.2 Å². The fraction of sp³-hybridized carbons (Fsp3) is 0.333. The number of aryl methyl sites for hydroxylation is 1. The molecule has 0 bridgehead atoms. The topological polar surface area (TPSA) is 86.8 Å². The highest BCUT2D eigenvalue weighted by molar-refractivity contribution is 6.45. The third-order valence-electron chi connectivity index (χ3n) is 3.81. The Morgan fingerprint density at radius 2 is 1.76 bits per heavy atom. The molecule has 7 nitrogen and oxygen atoms in total. The molecule has 1 saturated heterocycles. The van der Waals surface area contributed by atoms with Crippen LogP contribution >= 0.6 is 0 Å². The van der Waals surface area contributed by atoms with Gasteiger partial charge in [0.25, 0.3) is 0 Å². The second-order valence-electron chi connectivity index (χ2n) is 5.73. The maximum atomic E-state index is 12.1. The number of amides is 5. The van der Waals surface area contributed by atoms with Gasteiger partial charge in [0.15, 0.2) is 0 Å². The molecular formula is C18H21N3O4. The van der Waals surface area contributed by atoms with Crippen molar-refractivity contribution in [3.8, 4) is 0 Å². The molecule has 1 heterocycles. The summed E-state index contributed by atoms with van der Waals surface area (Å²) in [5.41, 5.74) is 1.74. The zero-order chi connectivity index (χ0) is 18.4. The third kappa shape index (κ3) is 4.32. The van der Waals surface area contributed by atoms with E-state index in [1.807, 2.05) is 12.1 Å². The van der Waals surface area contributed by atoms with Crippen LogP contribution in [0.1, 0.15) is 25.3 Å². The van der Waals surface area contributed by atoms with Crippen molar-refractivity contribution in [1.29, 1.82) is 0 Å². The van der Waals surface area contributed by atoms with Gasteiger partial charge in [-0.15, -0.1) is 6.58 Å². The lowest BCUT2D eigenvalue weighted by molar-refractivity contribution is -0.143. The van der Waals surface area contributed by atoms with Gasteiger partial charge in [0.1, 0.15) is 6.54 Å². The first kappa shape index (κ1) is 18.4. The summed E-state index contributed by atoms with van der Waals surface area (Å²) >= 11 is 0. The number of benzene rings is 1. The average Bonchev–Trinajstić information content (AvgIpc) is 2.79. The van der Waals surface area contributed by atoms with E-state index in [0.29, 0.717) is 10.6 Å². The molecule has 132 valence electrons. The number of carbonyl (C=O) groups is 4. The van der Waals surface area contributed by atoms with Gasteiger partial charge in [0.2, 0.25) is 5.91 Å². The SMILES string of the molecule is C=CCN1C(=O)C(=O)N(CC(=O)Nc2ccc(CCCC)cc2)C1=O. The molecule has 0 saturated carbocycles. The Hall–Kier alpha value is -2.96. The quantitative estimate of drug-likeness (QED) is 0.444. The first-order valence-electron chi connectivity index (χ1n) is 8.15. The van der Waals surface area contributed by atoms with E-state index in [1.165, 1.54) is 11.6 Å². The standard InChI is InChI=1S/C18H21N3O4/c1-3-5-6-13-7-9-14(10-8-13)19-15(22)12-21-17(24)16(23)20(11-4-2)18(21)25/h4,7-10H,2-3,5-6,11-12H2,1H3,(H,19,22). The molecule has 0 radical (unpaired) electrons. The molecule has 7 heteroatoms. The Bertz CT molecular complexity index is 697. The van der Waals surface area contributed by atoms with Crippen molar-refractivity contribution in [3.63, 3.8) is 0 Å². The summed E-state index contributed by atoms with van der Waals surface area (Å²) < 4.78 is 0. The predicted octanol–water partition coefficient (Wildman–Crippen LogP) is 1.94. The Balaban J connectivity index is 1.95. The normalized spacial score (nSPS) is 14.2. The van der Waals surface area contributed by atoms with Crippen molar-refractivity contribution in [3.05, 3.63) is 42.5 Å². The molecule has 1 aromatic carbocycles. The van der Waals surface area contributed by atoms with E-state index in [1.54, 1.807) is 12.1 Å². The Morgan fingerprint density at radius 3 is 2.36 bits per heavy atom. The zero-order valence-electron chi connectivity index (χ0n) is 14.2. The summed E-state index contributed by atoms with van der Waals surface area (Å²) in [5, 5.41) is 2.62. The van der Waals surface area contributed by atoms with Crippen LogP contribution < -0.4 is 5.32 Å². The van der Waals surface area contributed by atoms with Gasteiger partial charge < -0.3 is 5.32 Å². The lowest BCUT2D eigenvalue weighted by Gasteiger charge is -2.14. The Kier molecular flexibility index (Phi) is 6.05. The van der Waals surface area contributed by atoms with E-state index in [0.717, 1.165) is 24.2 Å². The lowest BCUT2D eigenvalue weighted by atomic mass is 10.1. The molecule has 0 atom stereocenters. The maximum Gasteiger partial charge on any atom is 0.335 e. The van der Waals surface area contributed by atoms with Gasteiger partial charge in [-0.1, -0.05) is 31.6 Å². The highest BCUT2D eigenvalue weighted by Gasteiger charge is 2.44. The van der Waals surface area contributed by atoms with Crippen LogP contribution in [0.15, 0.2) is 36.9 Å².